The standard InChI is InChI=1S/C24H23N3O2S3/c1-16-23(31-24(25-16)27-30-15-17-6-4-3-5-7-17)18-8-13-21(29-2)22(14-18)32-26-19-9-11-20(28)12-10-19/h3-14,26,28H,15H2,1-2H3,(H,25,27). The minimum atomic E-state index is 0.243. The molecule has 3 aromatic carbocycles. The van der Waals surface area contributed by atoms with Crippen molar-refractivity contribution in [2.45, 2.75) is 17.6 Å². The zero-order valence-electron chi connectivity index (χ0n) is 17.7. The molecule has 0 aliphatic carbocycles. The predicted octanol–water partition coefficient (Wildman–Crippen LogP) is 7.21. The predicted molar refractivity (Wildman–Crippen MR) is 138 cm³/mol. The number of phenols is 1. The third-order valence-electron chi connectivity index (χ3n) is 4.61. The van der Waals surface area contributed by atoms with E-state index in [1.54, 1.807) is 42.5 Å². The van der Waals surface area contributed by atoms with Crippen molar-refractivity contribution < 1.29 is 9.84 Å². The molecule has 4 rings (SSSR count). The Hall–Kier alpha value is -2.81. The first-order valence-corrected chi connectivity index (χ1v) is 12.5. The van der Waals surface area contributed by atoms with E-state index in [2.05, 4.69) is 45.8 Å². The average molecular weight is 482 g/mol. The number of hydrogen-bond donors (Lipinski definition) is 3. The molecule has 1 heterocycles. The fraction of sp³-hybridized carbons (Fsp3) is 0.125. The van der Waals surface area contributed by atoms with Crippen molar-refractivity contribution >= 4 is 46.1 Å². The third-order valence-corrected chi connectivity index (χ3v) is 7.55. The monoisotopic (exact) mass is 481 g/mol. The van der Waals surface area contributed by atoms with E-state index in [0.717, 1.165) is 43.4 Å². The molecule has 0 atom stereocenters. The molecule has 0 spiro atoms. The van der Waals surface area contributed by atoms with Gasteiger partial charge in [-0.25, -0.2) is 4.98 Å². The Morgan fingerprint density at radius 1 is 1.00 bits per heavy atom. The van der Waals surface area contributed by atoms with Gasteiger partial charge >= 0.3 is 0 Å². The summed E-state index contributed by atoms with van der Waals surface area (Å²) in [6, 6.07) is 23.5. The second kappa shape index (κ2) is 10.7. The number of ether oxygens (including phenoxy) is 1. The number of aryl methyl sites for hydroxylation is 1. The van der Waals surface area contributed by atoms with Crippen LogP contribution in [0.5, 0.6) is 11.5 Å². The summed E-state index contributed by atoms with van der Waals surface area (Å²) in [6.07, 6.45) is 0. The van der Waals surface area contributed by atoms with Crippen molar-refractivity contribution in [3.63, 3.8) is 0 Å². The number of rotatable bonds is 9. The molecule has 0 bridgehead atoms. The van der Waals surface area contributed by atoms with E-state index in [0.29, 0.717) is 0 Å². The quantitative estimate of drug-likeness (QED) is 0.172. The van der Waals surface area contributed by atoms with E-state index in [4.69, 9.17) is 9.72 Å². The minimum Gasteiger partial charge on any atom is -0.508 e. The van der Waals surface area contributed by atoms with Crippen LogP contribution in [0.1, 0.15) is 11.3 Å². The number of nitrogens with one attached hydrogen (secondary N) is 2. The van der Waals surface area contributed by atoms with E-state index < -0.39 is 0 Å². The maximum absolute atomic E-state index is 9.46. The van der Waals surface area contributed by atoms with Crippen molar-refractivity contribution in [2.24, 2.45) is 0 Å². The molecule has 0 radical (unpaired) electrons. The molecule has 0 aliphatic heterocycles. The van der Waals surface area contributed by atoms with Crippen LogP contribution in [0.2, 0.25) is 0 Å². The smallest absolute Gasteiger partial charge is 0.193 e. The molecule has 1 aromatic heterocycles. The molecular weight excluding hydrogens is 458 g/mol. The van der Waals surface area contributed by atoms with Gasteiger partial charge in [0.15, 0.2) is 5.13 Å². The molecule has 0 unspecified atom stereocenters. The topological polar surface area (TPSA) is 66.4 Å². The third kappa shape index (κ3) is 5.70. The van der Waals surface area contributed by atoms with Gasteiger partial charge in [-0.2, -0.15) is 0 Å². The highest BCUT2D eigenvalue weighted by molar-refractivity contribution is 8.00. The van der Waals surface area contributed by atoms with Crippen LogP contribution in [0, 0.1) is 6.92 Å². The number of anilines is 2. The normalized spacial score (nSPS) is 10.7. The van der Waals surface area contributed by atoms with Gasteiger partial charge in [0, 0.05) is 11.4 Å². The van der Waals surface area contributed by atoms with Crippen LogP contribution in [-0.4, -0.2) is 17.2 Å². The minimum absolute atomic E-state index is 0.243. The zero-order valence-corrected chi connectivity index (χ0v) is 20.1. The highest BCUT2D eigenvalue weighted by Crippen LogP contribution is 2.39. The summed E-state index contributed by atoms with van der Waals surface area (Å²) < 4.78 is 12.2. The number of phenolic OH excluding ortho intramolecular Hbond substituents is 1. The molecule has 0 saturated heterocycles. The number of hydrogen-bond acceptors (Lipinski definition) is 8. The Bertz CT molecular complexity index is 1170. The fourth-order valence-corrected chi connectivity index (χ4v) is 5.56. The molecule has 0 amide bonds. The van der Waals surface area contributed by atoms with Gasteiger partial charge in [-0.15, -0.1) is 0 Å². The Morgan fingerprint density at radius 2 is 1.78 bits per heavy atom. The average Bonchev–Trinajstić information content (AvgIpc) is 3.19. The fourth-order valence-electron chi connectivity index (χ4n) is 3.00. The highest BCUT2D eigenvalue weighted by atomic mass is 32.2. The van der Waals surface area contributed by atoms with Gasteiger partial charge in [0.25, 0.3) is 0 Å². The Labute approximate surface area is 200 Å². The van der Waals surface area contributed by atoms with Crippen molar-refractivity contribution in [1.29, 1.82) is 0 Å². The van der Waals surface area contributed by atoms with Crippen LogP contribution in [0.3, 0.4) is 0 Å². The molecular formula is C24H23N3O2S3. The number of aromatic nitrogens is 1. The maximum Gasteiger partial charge on any atom is 0.193 e. The lowest BCUT2D eigenvalue weighted by Gasteiger charge is -2.11. The van der Waals surface area contributed by atoms with E-state index in [9.17, 15) is 5.11 Å². The molecule has 8 heteroatoms. The summed E-state index contributed by atoms with van der Waals surface area (Å²) in [5, 5.41) is 10.4. The van der Waals surface area contributed by atoms with Crippen LogP contribution in [-0.2, 0) is 5.75 Å². The lowest BCUT2D eigenvalue weighted by atomic mass is 10.1. The van der Waals surface area contributed by atoms with E-state index >= 15 is 0 Å². The number of thiazole rings is 1. The van der Waals surface area contributed by atoms with Crippen molar-refractivity contribution in [2.75, 3.05) is 16.6 Å². The number of benzene rings is 3. The second-order valence-corrected chi connectivity index (χ2v) is 9.56. The first kappa shape index (κ1) is 22.4. The van der Waals surface area contributed by atoms with Crippen molar-refractivity contribution in [1.82, 2.24) is 4.98 Å². The highest BCUT2D eigenvalue weighted by Gasteiger charge is 2.13. The maximum atomic E-state index is 9.46. The molecule has 0 fully saturated rings. The molecule has 0 saturated carbocycles. The zero-order chi connectivity index (χ0) is 22.3. The van der Waals surface area contributed by atoms with Gasteiger partial charge in [0.05, 0.1) is 22.6 Å². The van der Waals surface area contributed by atoms with Gasteiger partial charge in [-0.05, 0) is 84.4 Å². The van der Waals surface area contributed by atoms with Gasteiger partial charge in [0.2, 0.25) is 0 Å². The lowest BCUT2D eigenvalue weighted by Crippen LogP contribution is -1.91. The van der Waals surface area contributed by atoms with Crippen LogP contribution in [0.15, 0.2) is 77.7 Å². The Morgan fingerprint density at radius 3 is 2.53 bits per heavy atom. The number of methoxy groups -OCH3 is 1. The van der Waals surface area contributed by atoms with Crippen LogP contribution < -0.4 is 14.2 Å². The largest absolute Gasteiger partial charge is 0.508 e. The molecule has 164 valence electrons. The molecule has 0 aliphatic rings. The van der Waals surface area contributed by atoms with Crippen LogP contribution >= 0.6 is 35.2 Å². The van der Waals surface area contributed by atoms with E-state index in [-0.39, 0.29) is 5.75 Å². The van der Waals surface area contributed by atoms with Crippen molar-refractivity contribution in [3.8, 4) is 21.9 Å². The molecule has 3 N–H and O–H groups in total. The summed E-state index contributed by atoms with van der Waals surface area (Å²) >= 11 is 4.75. The first-order chi connectivity index (χ1) is 15.6. The van der Waals surface area contributed by atoms with Gasteiger partial charge in [-0.1, -0.05) is 41.7 Å². The Balaban J connectivity index is 1.46. The Kier molecular flexibility index (Phi) is 7.47. The van der Waals surface area contributed by atoms with Gasteiger partial charge in [0.1, 0.15) is 11.5 Å². The number of nitrogens with zero attached hydrogens (tertiary/aromatic N) is 1. The van der Waals surface area contributed by atoms with Crippen LogP contribution in [0.4, 0.5) is 10.8 Å². The van der Waals surface area contributed by atoms with E-state index in [1.807, 2.05) is 31.2 Å². The SMILES string of the molecule is COc1ccc(-c2sc(NSCc3ccccc3)nc2C)cc1SNc1ccc(O)cc1. The first-order valence-electron chi connectivity index (χ1n) is 9.92. The molecule has 5 nitrogen and oxygen atoms in total. The lowest BCUT2D eigenvalue weighted by molar-refractivity contribution is 0.405. The van der Waals surface area contributed by atoms with E-state index in [1.165, 1.54) is 17.5 Å². The van der Waals surface area contributed by atoms with Gasteiger partial charge in [-0.3, -0.25) is 0 Å². The van der Waals surface area contributed by atoms with Gasteiger partial charge < -0.3 is 19.3 Å². The summed E-state index contributed by atoms with van der Waals surface area (Å²) in [7, 11) is 1.67. The summed E-state index contributed by atoms with van der Waals surface area (Å²) in [6.45, 7) is 2.03. The summed E-state index contributed by atoms with van der Waals surface area (Å²) in [5.74, 6) is 1.91. The summed E-state index contributed by atoms with van der Waals surface area (Å²) in [4.78, 5) is 6.80. The number of aromatic hydroxyl groups is 1. The summed E-state index contributed by atoms with van der Waals surface area (Å²) in [5.41, 5.74) is 4.26. The second-order valence-electron chi connectivity index (χ2n) is 6.93. The molecule has 32 heavy (non-hydrogen) atoms. The molecule has 4 aromatic rings. The van der Waals surface area contributed by atoms with Crippen LogP contribution in [0.25, 0.3) is 10.4 Å². The van der Waals surface area contributed by atoms with Crippen molar-refractivity contribution in [3.05, 3.63) is 84.1 Å².